The normalized spacial score (nSPS) is 14.3. The summed E-state index contributed by atoms with van der Waals surface area (Å²) in [6, 6.07) is 1.68. The van der Waals surface area contributed by atoms with Crippen LogP contribution in [0.25, 0.3) is 6.08 Å². The minimum absolute atomic E-state index is 0.392. The molecule has 1 aromatic heterocycles. The minimum atomic E-state index is -0.469. The van der Waals surface area contributed by atoms with Crippen molar-refractivity contribution < 1.29 is 4.79 Å². The summed E-state index contributed by atoms with van der Waals surface area (Å²) in [5.41, 5.74) is 12.7. The predicted molar refractivity (Wildman–Crippen MR) is 50.0 cm³/mol. The lowest BCUT2D eigenvalue weighted by atomic mass is 10.2. The number of hydrogen-bond donors (Lipinski definition) is 4. The Balaban J connectivity index is 2.46. The summed E-state index contributed by atoms with van der Waals surface area (Å²) in [7, 11) is 0. The third kappa shape index (κ3) is 1.24. The monoisotopic (exact) mass is 178 g/mol. The largest absolute Gasteiger partial charge is 0.401 e. The molecule has 1 amide bonds. The molecule has 0 radical (unpaired) electrons. The molecule has 2 rings (SSSR count). The smallest absolute Gasteiger partial charge is 0.265 e. The lowest BCUT2D eigenvalue weighted by Gasteiger charge is -2.11. The highest BCUT2D eigenvalue weighted by atomic mass is 16.1. The van der Waals surface area contributed by atoms with Crippen LogP contribution in [0.2, 0.25) is 0 Å². The van der Waals surface area contributed by atoms with Crippen LogP contribution < -0.4 is 16.8 Å². The highest BCUT2D eigenvalue weighted by molar-refractivity contribution is 5.93. The molecule has 1 aliphatic heterocycles. The highest BCUT2D eigenvalue weighted by Gasteiger charge is 2.13. The number of amides is 1. The van der Waals surface area contributed by atoms with E-state index < -0.39 is 5.91 Å². The Bertz CT molecular complexity index is 391. The Morgan fingerprint density at radius 2 is 2.31 bits per heavy atom. The SMILES string of the molecule is NC(=O)c1cc2c([nH]1)NCC(N)=C2. The maximum absolute atomic E-state index is 10.8. The molecule has 68 valence electrons. The van der Waals surface area contributed by atoms with Gasteiger partial charge >= 0.3 is 0 Å². The van der Waals surface area contributed by atoms with Gasteiger partial charge in [0.15, 0.2) is 0 Å². The van der Waals surface area contributed by atoms with Crippen LogP contribution >= 0.6 is 0 Å². The third-order valence-corrected chi connectivity index (χ3v) is 1.92. The molecule has 0 aliphatic carbocycles. The number of H-pyrrole nitrogens is 1. The fraction of sp³-hybridized carbons (Fsp3) is 0.125. The molecule has 0 saturated heterocycles. The quantitative estimate of drug-likeness (QED) is 0.481. The van der Waals surface area contributed by atoms with Gasteiger partial charge in [0.1, 0.15) is 11.5 Å². The fourth-order valence-electron chi connectivity index (χ4n) is 1.30. The van der Waals surface area contributed by atoms with Crippen molar-refractivity contribution in [1.82, 2.24) is 4.98 Å². The van der Waals surface area contributed by atoms with Crippen molar-refractivity contribution in [2.24, 2.45) is 11.5 Å². The summed E-state index contributed by atoms with van der Waals surface area (Å²) in [5, 5.41) is 3.03. The zero-order valence-electron chi connectivity index (χ0n) is 6.92. The third-order valence-electron chi connectivity index (χ3n) is 1.92. The standard InChI is InChI=1S/C8H10N4O/c9-5-1-4-2-6(7(10)13)12-8(4)11-3-5/h1-2,11-12H,3,9H2,(H2,10,13). The van der Waals surface area contributed by atoms with E-state index >= 15 is 0 Å². The van der Waals surface area contributed by atoms with E-state index in [0.29, 0.717) is 12.2 Å². The lowest BCUT2D eigenvalue weighted by molar-refractivity contribution is 0.0996. The van der Waals surface area contributed by atoms with E-state index in [1.54, 1.807) is 6.07 Å². The molecular weight excluding hydrogens is 168 g/mol. The predicted octanol–water partition coefficient (Wildman–Crippen LogP) is -0.161. The van der Waals surface area contributed by atoms with E-state index in [9.17, 15) is 4.79 Å². The summed E-state index contributed by atoms with van der Waals surface area (Å²) in [5.74, 6) is 0.325. The first kappa shape index (κ1) is 7.72. The molecule has 0 atom stereocenters. The zero-order valence-corrected chi connectivity index (χ0v) is 6.92. The van der Waals surface area contributed by atoms with Crippen molar-refractivity contribution in [3.8, 4) is 0 Å². The van der Waals surface area contributed by atoms with Crippen LogP contribution in [0.15, 0.2) is 11.8 Å². The summed E-state index contributed by atoms with van der Waals surface area (Å²) < 4.78 is 0. The van der Waals surface area contributed by atoms with E-state index in [2.05, 4.69) is 10.3 Å². The highest BCUT2D eigenvalue weighted by Crippen LogP contribution is 2.22. The topological polar surface area (TPSA) is 96.9 Å². The molecule has 5 nitrogen and oxygen atoms in total. The zero-order chi connectivity index (χ0) is 9.42. The number of anilines is 1. The fourth-order valence-corrected chi connectivity index (χ4v) is 1.30. The van der Waals surface area contributed by atoms with Crippen molar-refractivity contribution in [3.63, 3.8) is 0 Å². The number of hydrogen-bond acceptors (Lipinski definition) is 3. The van der Waals surface area contributed by atoms with Gasteiger partial charge in [0.25, 0.3) is 5.91 Å². The van der Waals surface area contributed by atoms with Crippen LogP contribution in [-0.4, -0.2) is 17.4 Å². The van der Waals surface area contributed by atoms with E-state index in [4.69, 9.17) is 11.5 Å². The van der Waals surface area contributed by atoms with Crippen molar-refractivity contribution in [2.45, 2.75) is 0 Å². The molecule has 6 N–H and O–H groups in total. The number of aromatic amines is 1. The first-order valence-electron chi connectivity index (χ1n) is 3.89. The van der Waals surface area contributed by atoms with E-state index in [0.717, 1.165) is 17.1 Å². The molecule has 0 aromatic carbocycles. The minimum Gasteiger partial charge on any atom is -0.401 e. The van der Waals surface area contributed by atoms with Crippen molar-refractivity contribution in [2.75, 3.05) is 11.9 Å². The Labute approximate surface area is 74.8 Å². The molecule has 2 heterocycles. The Kier molecular flexibility index (Phi) is 1.51. The van der Waals surface area contributed by atoms with E-state index in [1.807, 2.05) is 6.08 Å². The lowest BCUT2D eigenvalue weighted by Crippen LogP contribution is -2.15. The van der Waals surface area contributed by atoms with Gasteiger partial charge in [-0.25, -0.2) is 0 Å². The van der Waals surface area contributed by atoms with Gasteiger partial charge in [-0.2, -0.15) is 0 Å². The second-order valence-corrected chi connectivity index (χ2v) is 2.95. The molecule has 5 heteroatoms. The molecule has 0 saturated carbocycles. The molecule has 13 heavy (non-hydrogen) atoms. The second-order valence-electron chi connectivity index (χ2n) is 2.95. The number of rotatable bonds is 1. The Morgan fingerprint density at radius 1 is 1.54 bits per heavy atom. The van der Waals surface area contributed by atoms with Crippen LogP contribution in [0.5, 0.6) is 0 Å². The molecule has 1 aromatic rings. The average molecular weight is 178 g/mol. The summed E-state index contributed by atoms with van der Waals surface area (Å²) in [6.07, 6.45) is 1.81. The number of nitrogens with two attached hydrogens (primary N) is 2. The van der Waals surface area contributed by atoms with Crippen LogP contribution in [-0.2, 0) is 0 Å². The van der Waals surface area contributed by atoms with Gasteiger partial charge in [-0.15, -0.1) is 0 Å². The summed E-state index contributed by atoms with van der Waals surface area (Å²) >= 11 is 0. The summed E-state index contributed by atoms with van der Waals surface area (Å²) in [6.45, 7) is 0.589. The number of primary amides is 1. The van der Waals surface area contributed by atoms with Crippen molar-refractivity contribution in [3.05, 3.63) is 23.0 Å². The van der Waals surface area contributed by atoms with Crippen LogP contribution in [0.3, 0.4) is 0 Å². The van der Waals surface area contributed by atoms with Crippen LogP contribution in [0.1, 0.15) is 16.1 Å². The number of fused-ring (bicyclic) bond motifs is 1. The first-order valence-corrected chi connectivity index (χ1v) is 3.89. The van der Waals surface area contributed by atoms with Crippen LogP contribution in [0, 0.1) is 0 Å². The van der Waals surface area contributed by atoms with Gasteiger partial charge in [-0.3, -0.25) is 4.79 Å². The number of carbonyl (C=O) groups excluding carboxylic acids is 1. The van der Waals surface area contributed by atoms with Gasteiger partial charge in [-0.1, -0.05) is 0 Å². The maximum atomic E-state index is 10.8. The van der Waals surface area contributed by atoms with Gasteiger partial charge in [0.05, 0.1) is 6.54 Å². The molecule has 0 spiro atoms. The Morgan fingerprint density at radius 3 is 3.00 bits per heavy atom. The van der Waals surface area contributed by atoms with Crippen LogP contribution in [0.4, 0.5) is 5.82 Å². The van der Waals surface area contributed by atoms with Crippen molar-refractivity contribution in [1.29, 1.82) is 0 Å². The molecule has 0 unspecified atom stereocenters. The molecular formula is C8H10N4O. The average Bonchev–Trinajstić information content (AvgIpc) is 2.46. The van der Waals surface area contributed by atoms with E-state index in [1.165, 1.54) is 0 Å². The second kappa shape index (κ2) is 2.55. The maximum Gasteiger partial charge on any atom is 0.265 e. The Hall–Kier alpha value is -1.91. The van der Waals surface area contributed by atoms with E-state index in [-0.39, 0.29) is 0 Å². The first-order chi connectivity index (χ1) is 6.16. The van der Waals surface area contributed by atoms with Gasteiger partial charge < -0.3 is 21.8 Å². The number of carbonyl (C=O) groups is 1. The summed E-state index contributed by atoms with van der Waals surface area (Å²) in [4.78, 5) is 13.7. The number of nitrogens with one attached hydrogen (secondary N) is 2. The van der Waals surface area contributed by atoms with Gasteiger partial charge in [0.2, 0.25) is 0 Å². The number of aromatic nitrogens is 1. The van der Waals surface area contributed by atoms with Crippen molar-refractivity contribution >= 4 is 17.8 Å². The van der Waals surface area contributed by atoms with Gasteiger partial charge in [-0.05, 0) is 12.1 Å². The molecule has 0 fully saturated rings. The molecule has 0 bridgehead atoms. The van der Waals surface area contributed by atoms with Gasteiger partial charge in [0, 0.05) is 11.3 Å². The molecule has 1 aliphatic rings.